The molecule has 0 fully saturated rings. The Bertz CT molecular complexity index is 443. The van der Waals surface area contributed by atoms with Gasteiger partial charge < -0.3 is 15.2 Å². The molecule has 0 aliphatic carbocycles. The van der Waals surface area contributed by atoms with E-state index >= 15 is 0 Å². The number of amides is 1. The summed E-state index contributed by atoms with van der Waals surface area (Å²) in [5.41, 5.74) is 0.279. The molecule has 0 saturated heterocycles. The zero-order valence-electron chi connectivity index (χ0n) is 12.8. The van der Waals surface area contributed by atoms with E-state index in [1.54, 1.807) is 12.1 Å². The SMILES string of the molecule is COc1ccc(C(=O)N[C@H](C)CCCC(C)C)c(O)c1. The first-order valence-corrected chi connectivity index (χ1v) is 7.12. The molecule has 1 atom stereocenters. The maximum atomic E-state index is 12.1. The summed E-state index contributed by atoms with van der Waals surface area (Å²) in [4.78, 5) is 12.1. The predicted octanol–water partition coefficient (Wildman–Crippen LogP) is 3.35. The van der Waals surface area contributed by atoms with Crippen LogP contribution in [0.15, 0.2) is 18.2 Å². The van der Waals surface area contributed by atoms with E-state index in [2.05, 4.69) is 19.2 Å². The average Bonchev–Trinajstić information content (AvgIpc) is 2.37. The van der Waals surface area contributed by atoms with Gasteiger partial charge in [-0.05, 0) is 31.4 Å². The van der Waals surface area contributed by atoms with Crippen LogP contribution in [0.25, 0.3) is 0 Å². The van der Waals surface area contributed by atoms with Gasteiger partial charge in [0.15, 0.2) is 0 Å². The second kappa shape index (κ2) is 7.78. The van der Waals surface area contributed by atoms with Crippen molar-refractivity contribution in [2.75, 3.05) is 7.11 Å². The Balaban J connectivity index is 2.53. The maximum Gasteiger partial charge on any atom is 0.255 e. The van der Waals surface area contributed by atoms with Crippen LogP contribution in [0, 0.1) is 5.92 Å². The molecule has 1 aromatic carbocycles. The average molecular weight is 279 g/mol. The lowest BCUT2D eigenvalue weighted by atomic mass is 10.0. The molecule has 0 saturated carbocycles. The number of aromatic hydroxyl groups is 1. The Kier molecular flexibility index (Phi) is 6.36. The molecule has 0 heterocycles. The van der Waals surface area contributed by atoms with E-state index in [0.717, 1.165) is 19.3 Å². The van der Waals surface area contributed by atoms with Crippen LogP contribution >= 0.6 is 0 Å². The Morgan fingerprint density at radius 1 is 1.30 bits per heavy atom. The van der Waals surface area contributed by atoms with E-state index in [0.29, 0.717) is 11.7 Å². The van der Waals surface area contributed by atoms with Gasteiger partial charge in [0, 0.05) is 12.1 Å². The number of hydrogen-bond acceptors (Lipinski definition) is 3. The zero-order valence-corrected chi connectivity index (χ0v) is 12.8. The van der Waals surface area contributed by atoms with Crippen molar-refractivity contribution in [1.29, 1.82) is 0 Å². The van der Waals surface area contributed by atoms with Crippen molar-refractivity contribution in [3.8, 4) is 11.5 Å². The highest BCUT2D eigenvalue weighted by Gasteiger charge is 2.14. The largest absolute Gasteiger partial charge is 0.507 e. The molecule has 0 bridgehead atoms. The molecule has 0 unspecified atom stereocenters. The first-order valence-electron chi connectivity index (χ1n) is 7.12. The number of methoxy groups -OCH3 is 1. The van der Waals surface area contributed by atoms with Crippen LogP contribution in [0.2, 0.25) is 0 Å². The number of phenolic OH excluding ortho intramolecular Hbond substituents is 1. The quantitative estimate of drug-likeness (QED) is 0.804. The third kappa shape index (κ3) is 5.11. The normalized spacial score (nSPS) is 12.2. The third-order valence-electron chi connectivity index (χ3n) is 3.25. The lowest BCUT2D eigenvalue weighted by molar-refractivity contribution is 0.0935. The number of benzene rings is 1. The van der Waals surface area contributed by atoms with E-state index < -0.39 is 0 Å². The Hall–Kier alpha value is -1.71. The second-order valence-electron chi connectivity index (χ2n) is 5.58. The van der Waals surface area contributed by atoms with Crippen LogP contribution in [0.5, 0.6) is 11.5 Å². The smallest absolute Gasteiger partial charge is 0.255 e. The van der Waals surface area contributed by atoms with Gasteiger partial charge in [-0.2, -0.15) is 0 Å². The zero-order chi connectivity index (χ0) is 15.1. The topological polar surface area (TPSA) is 58.6 Å². The fourth-order valence-corrected chi connectivity index (χ4v) is 2.04. The molecule has 4 nitrogen and oxygen atoms in total. The van der Waals surface area contributed by atoms with Gasteiger partial charge in [-0.3, -0.25) is 4.79 Å². The van der Waals surface area contributed by atoms with Crippen molar-refractivity contribution in [3.05, 3.63) is 23.8 Å². The highest BCUT2D eigenvalue weighted by molar-refractivity contribution is 5.97. The van der Waals surface area contributed by atoms with Gasteiger partial charge in [0.2, 0.25) is 0 Å². The summed E-state index contributed by atoms with van der Waals surface area (Å²) in [6, 6.07) is 4.78. The van der Waals surface area contributed by atoms with Crippen LogP contribution in [-0.4, -0.2) is 24.2 Å². The number of hydrogen-bond donors (Lipinski definition) is 2. The monoisotopic (exact) mass is 279 g/mol. The van der Waals surface area contributed by atoms with E-state index in [1.807, 2.05) is 6.92 Å². The minimum absolute atomic E-state index is 0.0590. The molecule has 1 amide bonds. The number of nitrogens with one attached hydrogen (secondary N) is 1. The van der Waals surface area contributed by atoms with Crippen LogP contribution in [0.1, 0.15) is 50.4 Å². The molecule has 1 rings (SSSR count). The first-order chi connectivity index (χ1) is 9.43. The minimum Gasteiger partial charge on any atom is -0.507 e. The third-order valence-corrected chi connectivity index (χ3v) is 3.25. The van der Waals surface area contributed by atoms with Crippen molar-refractivity contribution >= 4 is 5.91 Å². The summed E-state index contributed by atoms with van der Waals surface area (Å²) in [6.45, 7) is 6.37. The van der Waals surface area contributed by atoms with Crippen molar-refractivity contribution < 1.29 is 14.6 Å². The lowest BCUT2D eigenvalue weighted by Crippen LogP contribution is -2.32. The van der Waals surface area contributed by atoms with Crippen LogP contribution in [0.4, 0.5) is 0 Å². The van der Waals surface area contributed by atoms with Crippen LogP contribution in [-0.2, 0) is 0 Å². The van der Waals surface area contributed by atoms with Crippen molar-refractivity contribution in [2.24, 2.45) is 5.92 Å². The van der Waals surface area contributed by atoms with Gasteiger partial charge >= 0.3 is 0 Å². The fraction of sp³-hybridized carbons (Fsp3) is 0.562. The number of phenols is 1. The number of carbonyl (C=O) groups is 1. The first kappa shape index (κ1) is 16.3. The Morgan fingerprint density at radius 2 is 2.00 bits per heavy atom. The molecular weight excluding hydrogens is 254 g/mol. The molecule has 0 aliphatic rings. The molecule has 0 spiro atoms. The minimum atomic E-state index is -0.248. The molecule has 4 heteroatoms. The van der Waals surface area contributed by atoms with Crippen molar-refractivity contribution in [2.45, 2.75) is 46.1 Å². The summed E-state index contributed by atoms with van der Waals surface area (Å²) in [7, 11) is 1.52. The standard InChI is InChI=1S/C16H25NO3/c1-11(2)6-5-7-12(3)17-16(19)14-9-8-13(20-4)10-15(14)18/h8-12,18H,5-7H2,1-4H3,(H,17,19)/t12-/m1/s1. The van der Waals surface area contributed by atoms with Crippen LogP contribution < -0.4 is 10.1 Å². The molecular formula is C16H25NO3. The van der Waals surface area contributed by atoms with Gasteiger partial charge in [0.05, 0.1) is 12.7 Å². The highest BCUT2D eigenvalue weighted by Crippen LogP contribution is 2.23. The maximum absolute atomic E-state index is 12.1. The summed E-state index contributed by atoms with van der Waals surface area (Å²) in [5.74, 6) is 0.908. The number of rotatable bonds is 7. The Morgan fingerprint density at radius 3 is 2.55 bits per heavy atom. The summed E-state index contributed by atoms with van der Waals surface area (Å²) < 4.78 is 4.99. The van der Waals surface area contributed by atoms with Gasteiger partial charge in [-0.25, -0.2) is 0 Å². The van der Waals surface area contributed by atoms with Crippen molar-refractivity contribution in [3.63, 3.8) is 0 Å². The summed E-state index contributed by atoms with van der Waals surface area (Å²) >= 11 is 0. The van der Waals surface area contributed by atoms with Gasteiger partial charge in [-0.1, -0.05) is 26.7 Å². The van der Waals surface area contributed by atoms with Crippen molar-refractivity contribution in [1.82, 2.24) is 5.32 Å². The summed E-state index contributed by atoms with van der Waals surface area (Å²) in [5, 5.41) is 12.7. The fourth-order valence-electron chi connectivity index (χ4n) is 2.04. The van der Waals surface area contributed by atoms with Gasteiger partial charge in [0.25, 0.3) is 5.91 Å². The molecule has 2 N–H and O–H groups in total. The lowest BCUT2D eigenvalue weighted by Gasteiger charge is -2.15. The molecule has 0 aromatic heterocycles. The highest BCUT2D eigenvalue weighted by atomic mass is 16.5. The van der Waals surface area contributed by atoms with E-state index in [1.165, 1.54) is 13.2 Å². The summed E-state index contributed by atoms with van der Waals surface area (Å²) in [6.07, 6.45) is 3.20. The van der Waals surface area contributed by atoms with E-state index in [-0.39, 0.29) is 23.3 Å². The molecule has 20 heavy (non-hydrogen) atoms. The number of ether oxygens (including phenoxy) is 1. The predicted molar refractivity (Wildman–Crippen MR) is 80.3 cm³/mol. The van der Waals surface area contributed by atoms with Crippen LogP contribution in [0.3, 0.4) is 0 Å². The van der Waals surface area contributed by atoms with Gasteiger partial charge in [0.1, 0.15) is 11.5 Å². The van der Waals surface area contributed by atoms with E-state index in [4.69, 9.17) is 4.74 Å². The van der Waals surface area contributed by atoms with E-state index in [9.17, 15) is 9.90 Å². The second-order valence-corrected chi connectivity index (χ2v) is 5.58. The number of carbonyl (C=O) groups excluding carboxylic acids is 1. The Labute approximate surface area is 121 Å². The van der Waals surface area contributed by atoms with Gasteiger partial charge in [-0.15, -0.1) is 0 Å². The molecule has 112 valence electrons. The molecule has 0 radical (unpaired) electrons. The molecule has 0 aliphatic heterocycles. The molecule has 1 aromatic rings.